The van der Waals surface area contributed by atoms with E-state index in [9.17, 15) is 0 Å². The van der Waals surface area contributed by atoms with Crippen molar-refractivity contribution in [3.63, 3.8) is 0 Å². The van der Waals surface area contributed by atoms with Crippen LogP contribution in [0.2, 0.25) is 0 Å². The fourth-order valence-corrected chi connectivity index (χ4v) is 1.09. The minimum Gasteiger partial charge on any atom is -0.461 e. The van der Waals surface area contributed by atoms with Gasteiger partial charge in [-0.1, -0.05) is 0 Å². The molecule has 0 aliphatic rings. The lowest BCUT2D eigenvalue weighted by molar-refractivity contribution is -0.109. The molecule has 0 radical (unpaired) electrons. The summed E-state index contributed by atoms with van der Waals surface area (Å²) in [5.41, 5.74) is 0.644. The molecule has 0 aliphatic carbocycles. The molecule has 1 heterocycles. The van der Waals surface area contributed by atoms with Gasteiger partial charge in [0.15, 0.2) is 0 Å². The molecule has 0 fully saturated rings. The molecule has 0 saturated carbocycles. The first-order valence-electron chi connectivity index (χ1n) is 4.72. The quantitative estimate of drug-likeness (QED) is 0.693. The van der Waals surface area contributed by atoms with E-state index >= 15 is 0 Å². The van der Waals surface area contributed by atoms with Crippen molar-refractivity contribution in [2.45, 2.75) is 26.2 Å². The summed E-state index contributed by atoms with van der Waals surface area (Å²) in [5.74, 6) is 0. The Morgan fingerprint density at radius 2 is 1.87 bits per heavy atom. The Bertz CT molecular complexity index is 300. The predicted octanol–water partition coefficient (Wildman–Crippen LogP) is 1.56. The lowest BCUT2D eigenvalue weighted by Crippen LogP contribution is -2.11. The van der Waals surface area contributed by atoms with Crippen LogP contribution in [0.25, 0.3) is 0 Å². The first-order chi connectivity index (χ1) is 7.17. The molecule has 5 nitrogen and oxygen atoms in total. The van der Waals surface area contributed by atoms with Crippen molar-refractivity contribution in [2.75, 3.05) is 14.2 Å². The third-order valence-corrected chi connectivity index (χ3v) is 1.67. The van der Waals surface area contributed by atoms with Crippen LogP contribution in [0.3, 0.4) is 0 Å². The van der Waals surface area contributed by atoms with Crippen molar-refractivity contribution >= 4 is 0 Å². The van der Waals surface area contributed by atoms with E-state index in [0.717, 1.165) is 0 Å². The Labute approximate surface area is 89.4 Å². The van der Waals surface area contributed by atoms with Crippen LogP contribution in [0.15, 0.2) is 12.3 Å². The van der Waals surface area contributed by atoms with Crippen molar-refractivity contribution in [2.24, 2.45) is 0 Å². The maximum absolute atomic E-state index is 5.36. The van der Waals surface area contributed by atoms with Gasteiger partial charge < -0.3 is 14.2 Å². The zero-order valence-corrected chi connectivity index (χ0v) is 9.43. The van der Waals surface area contributed by atoms with Crippen molar-refractivity contribution in [1.29, 1.82) is 0 Å². The van der Waals surface area contributed by atoms with Crippen LogP contribution in [0, 0.1) is 0 Å². The molecule has 0 atom stereocenters. The maximum atomic E-state index is 5.36. The van der Waals surface area contributed by atoms with Gasteiger partial charge in [-0.05, 0) is 19.9 Å². The SMILES string of the molecule is COC(OC)c1ccnc(OC(C)C)n1. The van der Waals surface area contributed by atoms with Crippen LogP contribution in [0.4, 0.5) is 0 Å². The molecule has 0 aromatic carbocycles. The molecule has 0 saturated heterocycles. The third-order valence-electron chi connectivity index (χ3n) is 1.67. The van der Waals surface area contributed by atoms with Gasteiger partial charge in [0.2, 0.25) is 6.29 Å². The Hall–Kier alpha value is -1.20. The largest absolute Gasteiger partial charge is 0.461 e. The van der Waals surface area contributed by atoms with Crippen molar-refractivity contribution in [3.8, 4) is 6.01 Å². The maximum Gasteiger partial charge on any atom is 0.316 e. The highest BCUT2D eigenvalue weighted by atomic mass is 16.7. The number of nitrogens with zero attached hydrogens (tertiary/aromatic N) is 2. The summed E-state index contributed by atoms with van der Waals surface area (Å²) in [6.07, 6.45) is 1.18. The van der Waals surface area contributed by atoms with Crippen molar-refractivity contribution in [1.82, 2.24) is 9.97 Å². The summed E-state index contributed by atoms with van der Waals surface area (Å²) < 4.78 is 15.5. The molecule has 0 N–H and O–H groups in total. The average molecular weight is 212 g/mol. The highest BCUT2D eigenvalue weighted by Gasteiger charge is 2.12. The number of methoxy groups -OCH3 is 2. The molecule has 1 aromatic rings. The van der Waals surface area contributed by atoms with Gasteiger partial charge in [-0.3, -0.25) is 0 Å². The van der Waals surface area contributed by atoms with Crippen molar-refractivity contribution in [3.05, 3.63) is 18.0 Å². The van der Waals surface area contributed by atoms with Gasteiger partial charge >= 0.3 is 6.01 Å². The zero-order chi connectivity index (χ0) is 11.3. The molecule has 0 unspecified atom stereocenters. The monoisotopic (exact) mass is 212 g/mol. The fraction of sp³-hybridized carbons (Fsp3) is 0.600. The molecule has 84 valence electrons. The van der Waals surface area contributed by atoms with Crippen LogP contribution in [-0.4, -0.2) is 30.3 Å². The molecular formula is C10H16N2O3. The van der Waals surface area contributed by atoms with E-state index in [1.807, 2.05) is 13.8 Å². The number of aromatic nitrogens is 2. The highest BCUT2D eigenvalue weighted by molar-refractivity contribution is 5.07. The summed E-state index contributed by atoms with van der Waals surface area (Å²) >= 11 is 0. The van der Waals surface area contributed by atoms with Gasteiger partial charge in [0.05, 0.1) is 6.10 Å². The van der Waals surface area contributed by atoms with E-state index in [1.54, 1.807) is 26.5 Å². The van der Waals surface area contributed by atoms with Gasteiger partial charge in [-0.25, -0.2) is 4.98 Å². The first kappa shape index (κ1) is 11.9. The molecular weight excluding hydrogens is 196 g/mol. The lowest BCUT2D eigenvalue weighted by atomic mass is 10.4. The zero-order valence-electron chi connectivity index (χ0n) is 9.43. The molecule has 1 aromatic heterocycles. The Kier molecular flexibility index (Phi) is 4.45. The fourth-order valence-electron chi connectivity index (χ4n) is 1.09. The van der Waals surface area contributed by atoms with Crippen LogP contribution < -0.4 is 4.74 Å². The van der Waals surface area contributed by atoms with Crippen LogP contribution in [-0.2, 0) is 9.47 Å². The van der Waals surface area contributed by atoms with Gasteiger partial charge in [0.25, 0.3) is 0 Å². The van der Waals surface area contributed by atoms with Crippen LogP contribution in [0.1, 0.15) is 25.8 Å². The molecule has 0 spiro atoms. The number of rotatable bonds is 5. The minimum atomic E-state index is -0.484. The highest BCUT2D eigenvalue weighted by Crippen LogP contribution is 2.16. The Morgan fingerprint density at radius 3 is 2.40 bits per heavy atom. The molecule has 1 rings (SSSR count). The molecule has 0 bridgehead atoms. The smallest absolute Gasteiger partial charge is 0.316 e. The molecule has 15 heavy (non-hydrogen) atoms. The second-order valence-electron chi connectivity index (χ2n) is 3.23. The number of ether oxygens (including phenoxy) is 3. The van der Waals surface area contributed by atoms with E-state index in [2.05, 4.69) is 9.97 Å². The van der Waals surface area contributed by atoms with E-state index in [4.69, 9.17) is 14.2 Å². The minimum absolute atomic E-state index is 0.0452. The Morgan fingerprint density at radius 1 is 1.20 bits per heavy atom. The summed E-state index contributed by atoms with van der Waals surface area (Å²) in [6, 6.07) is 2.06. The number of hydrogen-bond donors (Lipinski definition) is 0. The normalized spacial score (nSPS) is 11.1. The third kappa shape index (κ3) is 3.45. The summed E-state index contributed by atoms with van der Waals surface area (Å²) in [4.78, 5) is 8.16. The van der Waals surface area contributed by atoms with Gasteiger partial charge in [0, 0.05) is 20.4 Å². The summed E-state index contributed by atoms with van der Waals surface area (Å²) in [5, 5.41) is 0. The van der Waals surface area contributed by atoms with E-state index < -0.39 is 6.29 Å². The predicted molar refractivity (Wildman–Crippen MR) is 54.6 cm³/mol. The molecule has 0 aliphatic heterocycles. The van der Waals surface area contributed by atoms with Crippen molar-refractivity contribution < 1.29 is 14.2 Å². The molecule has 0 amide bonds. The average Bonchev–Trinajstić information content (AvgIpc) is 2.19. The van der Waals surface area contributed by atoms with Gasteiger partial charge in [0.1, 0.15) is 5.69 Å². The van der Waals surface area contributed by atoms with E-state index in [0.29, 0.717) is 11.7 Å². The van der Waals surface area contributed by atoms with Gasteiger partial charge in [-0.15, -0.1) is 0 Å². The second kappa shape index (κ2) is 5.63. The first-order valence-corrected chi connectivity index (χ1v) is 4.72. The standard InChI is InChI=1S/C10H16N2O3/c1-7(2)15-10-11-6-5-8(12-10)9(13-3)14-4/h5-7,9H,1-4H3. The Balaban J connectivity index is 2.81. The van der Waals surface area contributed by atoms with Crippen LogP contribution in [0.5, 0.6) is 6.01 Å². The van der Waals surface area contributed by atoms with E-state index in [-0.39, 0.29) is 6.10 Å². The lowest BCUT2D eigenvalue weighted by Gasteiger charge is -2.13. The second-order valence-corrected chi connectivity index (χ2v) is 3.23. The van der Waals surface area contributed by atoms with Crippen LogP contribution >= 0.6 is 0 Å². The summed E-state index contributed by atoms with van der Waals surface area (Å²) in [7, 11) is 3.11. The topological polar surface area (TPSA) is 53.5 Å². The summed E-state index contributed by atoms with van der Waals surface area (Å²) in [6.45, 7) is 3.83. The van der Waals surface area contributed by atoms with Gasteiger partial charge in [-0.2, -0.15) is 4.98 Å². The molecule has 5 heteroatoms. The van der Waals surface area contributed by atoms with E-state index in [1.165, 1.54) is 0 Å². The number of hydrogen-bond acceptors (Lipinski definition) is 5.